The summed E-state index contributed by atoms with van der Waals surface area (Å²) in [7, 11) is 0. The zero-order valence-corrected chi connectivity index (χ0v) is 21.4. The van der Waals surface area contributed by atoms with Gasteiger partial charge in [0.25, 0.3) is 0 Å². The van der Waals surface area contributed by atoms with Gasteiger partial charge in [0, 0.05) is 37.5 Å². The Bertz CT molecular complexity index is 1190. The number of carbonyl (C=O) groups is 2. The number of nitrogens with zero attached hydrogens (tertiary/aromatic N) is 4. The van der Waals surface area contributed by atoms with E-state index >= 15 is 0 Å². The molecule has 1 unspecified atom stereocenters. The Morgan fingerprint density at radius 1 is 0.944 bits per heavy atom. The molecule has 0 saturated carbocycles. The lowest BCUT2D eigenvalue weighted by atomic mass is 9.99. The number of carbonyl (C=O) groups excluding carboxylic acids is 2. The van der Waals surface area contributed by atoms with Crippen molar-refractivity contribution in [2.75, 3.05) is 31.5 Å². The summed E-state index contributed by atoms with van der Waals surface area (Å²) in [4.78, 5) is 38.8. The summed E-state index contributed by atoms with van der Waals surface area (Å²) in [5.41, 5.74) is 7.64. The van der Waals surface area contributed by atoms with E-state index in [1.165, 1.54) is 5.56 Å². The van der Waals surface area contributed by atoms with Crippen LogP contribution in [0.2, 0.25) is 0 Å². The van der Waals surface area contributed by atoms with Crippen LogP contribution in [0.5, 0.6) is 0 Å². The molecule has 2 heterocycles. The number of primary amides is 1. The predicted octanol–water partition coefficient (Wildman–Crippen LogP) is 3.07. The minimum Gasteiger partial charge on any atom is -0.368 e. The van der Waals surface area contributed by atoms with E-state index in [-0.39, 0.29) is 17.7 Å². The minimum absolute atomic E-state index is 0.0228. The van der Waals surface area contributed by atoms with Gasteiger partial charge >= 0.3 is 0 Å². The lowest BCUT2D eigenvalue weighted by Crippen LogP contribution is -2.50. The van der Waals surface area contributed by atoms with E-state index in [4.69, 9.17) is 15.7 Å². The molecule has 4 rings (SSSR count). The molecule has 3 N–H and O–H groups in total. The number of nitrogens with two attached hydrogens (primary N) is 1. The molecule has 8 heteroatoms. The fraction of sp³-hybridized carbons (Fsp3) is 0.429. The maximum absolute atomic E-state index is 13.0. The normalized spacial score (nSPS) is 16.2. The Morgan fingerprint density at radius 3 is 2.28 bits per heavy atom. The largest absolute Gasteiger partial charge is 0.368 e. The monoisotopic (exact) mass is 488 g/mol. The highest BCUT2D eigenvalue weighted by molar-refractivity contribution is 5.92. The molecule has 2 atom stereocenters. The summed E-state index contributed by atoms with van der Waals surface area (Å²) >= 11 is 0. The maximum atomic E-state index is 13.0. The molecule has 1 aliphatic rings. The molecule has 0 spiro atoms. The van der Waals surface area contributed by atoms with Crippen molar-refractivity contribution in [1.82, 2.24) is 19.8 Å². The van der Waals surface area contributed by atoms with Gasteiger partial charge in [-0.2, -0.15) is 0 Å². The molecule has 0 bridgehead atoms. The summed E-state index contributed by atoms with van der Waals surface area (Å²) in [6, 6.07) is 17.4. The molecular weight excluding hydrogens is 452 g/mol. The van der Waals surface area contributed by atoms with Crippen LogP contribution in [-0.4, -0.2) is 63.8 Å². The molecule has 36 heavy (non-hydrogen) atoms. The van der Waals surface area contributed by atoms with Gasteiger partial charge in [-0.3, -0.25) is 14.5 Å². The van der Waals surface area contributed by atoms with Gasteiger partial charge in [0.15, 0.2) is 0 Å². The van der Waals surface area contributed by atoms with Gasteiger partial charge in [-0.1, -0.05) is 63.2 Å². The quantitative estimate of drug-likeness (QED) is 0.480. The van der Waals surface area contributed by atoms with Crippen molar-refractivity contribution >= 4 is 28.5 Å². The number of hydrogen-bond acceptors (Lipinski definition) is 6. The van der Waals surface area contributed by atoms with E-state index < -0.39 is 11.9 Å². The summed E-state index contributed by atoms with van der Waals surface area (Å²) < 4.78 is 0. The molecular formula is C28H36N6O2. The molecule has 3 aromatic rings. The third kappa shape index (κ3) is 6.18. The minimum atomic E-state index is -0.524. The van der Waals surface area contributed by atoms with Crippen LogP contribution in [-0.2, 0) is 22.6 Å². The van der Waals surface area contributed by atoms with E-state index in [2.05, 4.69) is 22.3 Å². The van der Waals surface area contributed by atoms with Crippen LogP contribution in [0.15, 0.2) is 54.6 Å². The molecule has 190 valence electrons. The molecule has 1 aliphatic heterocycles. The average Bonchev–Trinajstić information content (AvgIpc) is 2.87. The number of anilines is 1. The van der Waals surface area contributed by atoms with Gasteiger partial charge in [-0.25, -0.2) is 9.97 Å². The van der Waals surface area contributed by atoms with Crippen LogP contribution in [0.3, 0.4) is 0 Å². The van der Waals surface area contributed by atoms with Crippen molar-refractivity contribution in [2.24, 2.45) is 17.6 Å². The van der Waals surface area contributed by atoms with Crippen LogP contribution in [0.1, 0.15) is 32.2 Å². The first-order valence-electron chi connectivity index (χ1n) is 12.7. The average molecular weight is 489 g/mol. The Labute approximate surface area is 212 Å². The molecule has 0 aliphatic carbocycles. The number of fused-ring (bicyclic) bond motifs is 1. The van der Waals surface area contributed by atoms with Gasteiger partial charge in [0.05, 0.1) is 12.1 Å². The topological polar surface area (TPSA) is 104 Å². The molecule has 8 nitrogen and oxygen atoms in total. The smallest absolute Gasteiger partial charge is 0.240 e. The van der Waals surface area contributed by atoms with E-state index in [0.29, 0.717) is 31.3 Å². The fourth-order valence-corrected chi connectivity index (χ4v) is 4.71. The lowest BCUT2D eigenvalue weighted by Gasteiger charge is -2.35. The van der Waals surface area contributed by atoms with Gasteiger partial charge < -0.3 is 16.0 Å². The lowest BCUT2D eigenvalue weighted by molar-refractivity contribution is -0.136. The van der Waals surface area contributed by atoms with Gasteiger partial charge in [0.2, 0.25) is 11.8 Å². The van der Waals surface area contributed by atoms with Crippen LogP contribution < -0.4 is 11.1 Å². The number of piperazine rings is 1. The number of nitrogens with one attached hydrogen (secondary N) is 1. The van der Waals surface area contributed by atoms with Crippen LogP contribution in [0, 0.1) is 11.8 Å². The molecule has 1 saturated heterocycles. The van der Waals surface area contributed by atoms with Gasteiger partial charge in [0.1, 0.15) is 17.7 Å². The van der Waals surface area contributed by atoms with E-state index in [9.17, 15) is 9.59 Å². The Kier molecular flexibility index (Phi) is 8.15. The maximum Gasteiger partial charge on any atom is 0.240 e. The molecule has 2 aromatic carbocycles. The number of hydrogen-bond donors (Lipinski definition) is 2. The second-order valence-corrected chi connectivity index (χ2v) is 9.97. The summed E-state index contributed by atoms with van der Waals surface area (Å²) in [5.74, 6) is 1.08. The number of para-hydroxylation sites is 1. The van der Waals surface area contributed by atoms with Crippen LogP contribution >= 0.6 is 0 Å². The van der Waals surface area contributed by atoms with Crippen LogP contribution in [0.25, 0.3) is 10.9 Å². The number of benzene rings is 2. The first-order valence-corrected chi connectivity index (χ1v) is 12.7. The van der Waals surface area contributed by atoms with Crippen molar-refractivity contribution < 1.29 is 9.59 Å². The van der Waals surface area contributed by atoms with Gasteiger partial charge in [-0.05, 0) is 30.0 Å². The Balaban J connectivity index is 1.41. The van der Waals surface area contributed by atoms with Crippen molar-refractivity contribution in [3.63, 3.8) is 0 Å². The van der Waals surface area contributed by atoms with Crippen LogP contribution in [0.4, 0.5) is 5.82 Å². The Hall–Kier alpha value is -3.52. The molecule has 2 amide bonds. The third-order valence-electron chi connectivity index (χ3n) is 6.77. The predicted molar refractivity (Wildman–Crippen MR) is 142 cm³/mol. The summed E-state index contributed by atoms with van der Waals surface area (Å²) in [5, 5.41) is 4.11. The third-order valence-corrected chi connectivity index (χ3v) is 6.77. The highest BCUT2D eigenvalue weighted by Crippen LogP contribution is 2.23. The first kappa shape index (κ1) is 25.6. The Morgan fingerprint density at radius 2 is 1.61 bits per heavy atom. The summed E-state index contributed by atoms with van der Waals surface area (Å²) in [6.07, 6.45) is 0.753. The summed E-state index contributed by atoms with van der Waals surface area (Å²) in [6.45, 7) is 9.39. The number of rotatable bonds is 9. The van der Waals surface area contributed by atoms with Crippen molar-refractivity contribution in [3.05, 3.63) is 66.0 Å². The van der Waals surface area contributed by atoms with Crippen molar-refractivity contribution in [2.45, 2.75) is 39.8 Å². The standard InChI is InChI=1S/C28H36N6O2/c1-19(2)25(26(29)35)32-27-22-11-7-8-12-23(22)30-24(31-27)18-33-13-15-34(16-14-33)28(36)20(3)17-21-9-5-4-6-10-21/h4-12,19-20,25H,13-18H2,1-3H3,(H2,29,35)(H,30,31,32)/t20?,25-/m0/s1. The van der Waals surface area contributed by atoms with Gasteiger partial charge in [-0.15, -0.1) is 0 Å². The zero-order valence-electron chi connectivity index (χ0n) is 21.4. The van der Waals surface area contributed by atoms with E-state index in [1.54, 1.807) is 0 Å². The fourth-order valence-electron chi connectivity index (χ4n) is 4.71. The zero-order chi connectivity index (χ0) is 25.7. The van der Waals surface area contributed by atoms with Crippen molar-refractivity contribution in [1.29, 1.82) is 0 Å². The van der Waals surface area contributed by atoms with E-state index in [1.807, 2.05) is 68.1 Å². The molecule has 1 fully saturated rings. The van der Waals surface area contributed by atoms with Crippen molar-refractivity contribution in [3.8, 4) is 0 Å². The second-order valence-electron chi connectivity index (χ2n) is 9.97. The molecule has 0 radical (unpaired) electrons. The highest BCUT2D eigenvalue weighted by Gasteiger charge is 2.26. The number of aromatic nitrogens is 2. The SMILES string of the molecule is CC(Cc1ccccc1)C(=O)N1CCN(Cc2nc(N[C@H](C(N)=O)C(C)C)c3ccccc3n2)CC1. The second kappa shape index (κ2) is 11.5. The highest BCUT2D eigenvalue weighted by atomic mass is 16.2. The molecule has 1 aromatic heterocycles. The van der Waals surface area contributed by atoms with E-state index in [0.717, 1.165) is 30.4 Å². The number of amides is 2. The first-order chi connectivity index (χ1) is 17.3.